The Bertz CT molecular complexity index is 373. The molecule has 17 heavy (non-hydrogen) atoms. The molecule has 0 saturated heterocycles. The summed E-state index contributed by atoms with van der Waals surface area (Å²) in [6, 6.07) is 4.68. The number of ether oxygens (including phenoxy) is 1. The standard InChI is InChI=1S/C13H16BrFO2/c1-17-13(9-2-3-9)12(16)6-8-4-10(14)7-11(15)5-8/h4-5,7,9,12-13,16H,2-3,6H2,1H3. The van der Waals surface area contributed by atoms with Crippen molar-refractivity contribution in [1.29, 1.82) is 0 Å². The summed E-state index contributed by atoms with van der Waals surface area (Å²) >= 11 is 3.25. The van der Waals surface area contributed by atoms with Crippen molar-refractivity contribution < 1.29 is 14.2 Å². The van der Waals surface area contributed by atoms with E-state index in [4.69, 9.17) is 4.74 Å². The number of aliphatic hydroxyl groups is 1. The van der Waals surface area contributed by atoms with Gasteiger partial charge >= 0.3 is 0 Å². The van der Waals surface area contributed by atoms with Crippen LogP contribution in [0.25, 0.3) is 0 Å². The van der Waals surface area contributed by atoms with E-state index in [0.29, 0.717) is 16.8 Å². The van der Waals surface area contributed by atoms with E-state index in [2.05, 4.69) is 15.9 Å². The predicted molar refractivity (Wildman–Crippen MR) is 67.3 cm³/mol. The maximum absolute atomic E-state index is 13.2. The maximum Gasteiger partial charge on any atom is 0.124 e. The Morgan fingerprint density at radius 3 is 2.71 bits per heavy atom. The quantitative estimate of drug-likeness (QED) is 0.906. The summed E-state index contributed by atoms with van der Waals surface area (Å²) in [5.74, 6) is 0.175. The molecule has 2 nitrogen and oxygen atoms in total. The number of hydrogen-bond donors (Lipinski definition) is 1. The summed E-state index contributed by atoms with van der Waals surface area (Å²) in [4.78, 5) is 0. The molecule has 0 aromatic heterocycles. The third-order valence-corrected chi connectivity index (χ3v) is 3.56. The largest absolute Gasteiger partial charge is 0.390 e. The Labute approximate surface area is 109 Å². The van der Waals surface area contributed by atoms with Gasteiger partial charge in [-0.1, -0.05) is 15.9 Å². The molecule has 0 bridgehead atoms. The van der Waals surface area contributed by atoms with Gasteiger partial charge in [0.1, 0.15) is 5.82 Å². The molecule has 1 aromatic rings. The van der Waals surface area contributed by atoms with Crippen LogP contribution in [0.1, 0.15) is 18.4 Å². The number of rotatable bonds is 5. The SMILES string of the molecule is COC(C(O)Cc1cc(F)cc(Br)c1)C1CC1. The van der Waals surface area contributed by atoms with Gasteiger partial charge in [0.25, 0.3) is 0 Å². The third-order valence-electron chi connectivity index (χ3n) is 3.11. The lowest BCUT2D eigenvalue weighted by Gasteiger charge is -2.21. The van der Waals surface area contributed by atoms with E-state index in [9.17, 15) is 9.50 Å². The molecular formula is C13H16BrFO2. The van der Waals surface area contributed by atoms with Crippen molar-refractivity contribution in [2.45, 2.75) is 31.5 Å². The summed E-state index contributed by atoms with van der Waals surface area (Å²) in [6.07, 6.45) is 1.95. The molecule has 1 aliphatic rings. The smallest absolute Gasteiger partial charge is 0.124 e. The normalized spacial score (nSPS) is 19.1. The van der Waals surface area contributed by atoms with Gasteiger partial charge in [0.05, 0.1) is 12.2 Å². The molecule has 1 N–H and O–H groups in total. The van der Waals surface area contributed by atoms with Crippen LogP contribution >= 0.6 is 15.9 Å². The van der Waals surface area contributed by atoms with Gasteiger partial charge in [0.2, 0.25) is 0 Å². The first kappa shape index (κ1) is 13.0. The Balaban J connectivity index is 2.03. The van der Waals surface area contributed by atoms with Crippen molar-refractivity contribution in [2.24, 2.45) is 5.92 Å². The average molecular weight is 303 g/mol. The van der Waals surface area contributed by atoms with Gasteiger partial charge in [-0.25, -0.2) is 4.39 Å². The second-order valence-corrected chi connectivity index (χ2v) is 5.50. The first-order valence-corrected chi connectivity index (χ1v) is 6.55. The molecule has 1 fully saturated rings. The molecule has 2 rings (SSSR count). The monoisotopic (exact) mass is 302 g/mol. The maximum atomic E-state index is 13.2. The predicted octanol–water partition coefficient (Wildman–Crippen LogP) is 2.92. The van der Waals surface area contributed by atoms with E-state index in [1.165, 1.54) is 12.1 Å². The number of hydrogen-bond acceptors (Lipinski definition) is 2. The van der Waals surface area contributed by atoms with E-state index in [1.807, 2.05) is 6.07 Å². The van der Waals surface area contributed by atoms with Gasteiger partial charge in [-0.05, 0) is 42.5 Å². The van der Waals surface area contributed by atoms with Crippen LogP contribution in [0.3, 0.4) is 0 Å². The lowest BCUT2D eigenvalue weighted by molar-refractivity contribution is -0.0238. The van der Waals surface area contributed by atoms with Gasteiger partial charge in [0.15, 0.2) is 0 Å². The van der Waals surface area contributed by atoms with Crippen LogP contribution in [0.5, 0.6) is 0 Å². The van der Waals surface area contributed by atoms with Crippen LogP contribution in [0.2, 0.25) is 0 Å². The van der Waals surface area contributed by atoms with E-state index >= 15 is 0 Å². The van der Waals surface area contributed by atoms with Gasteiger partial charge in [-0.15, -0.1) is 0 Å². The molecule has 2 atom stereocenters. The molecule has 1 aliphatic carbocycles. The van der Waals surface area contributed by atoms with Crippen molar-refractivity contribution in [2.75, 3.05) is 7.11 Å². The highest BCUT2D eigenvalue weighted by atomic mass is 79.9. The van der Waals surface area contributed by atoms with Crippen LogP contribution in [-0.2, 0) is 11.2 Å². The lowest BCUT2D eigenvalue weighted by Crippen LogP contribution is -2.31. The summed E-state index contributed by atoms with van der Waals surface area (Å²) < 4.78 is 19.2. The molecule has 94 valence electrons. The fraction of sp³-hybridized carbons (Fsp3) is 0.538. The fourth-order valence-corrected chi connectivity index (χ4v) is 2.69. The minimum atomic E-state index is -0.568. The minimum Gasteiger partial charge on any atom is -0.390 e. The Morgan fingerprint density at radius 1 is 1.47 bits per heavy atom. The van der Waals surface area contributed by atoms with Crippen molar-refractivity contribution in [3.63, 3.8) is 0 Å². The molecule has 4 heteroatoms. The molecule has 1 aromatic carbocycles. The highest BCUT2D eigenvalue weighted by molar-refractivity contribution is 9.10. The van der Waals surface area contributed by atoms with E-state index in [1.54, 1.807) is 7.11 Å². The van der Waals surface area contributed by atoms with Gasteiger partial charge in [0, 0.05) is 18.0 Å². The highest BCUT2D eigenvalue weighted by Crippen LogP contribution is 2.36. The molecular weight excluding hydrogens is 287 g/mol. The third kappa shape index (κ3) is 3.50. The zero-order chi connectivity index (χ0) is 12.4. The Morgan fingerprint density at radius 2 is 2.18 bits per heavy atom. The van der Waals surface area contributed by atoms with Crippen molar-refractivity contribution in [1.82, 2.24) is 0 Å². The second-order valence-electron chi connectivity index (χ2n) is 4.59. The zero-order valence-electron chi connectivity index (χ0n) is 9.70. The van der Waals surface area contributed by atoms with Crippen LogP contribution in [-0.4, -0.2) is 24.4 Å². The molecule has 1 saturated carbocycles. The molecule has 0 amide bonds. The summed E-state index contributed by atoms with van der Waals surface area (Å²) in [7, 11) is 1.62. The molecule has 0 aliphatic heterocycles. The number of halogens is 2. The van der Waals surface area contributed by atoms with E-state index in [-0.39, 0.29) is 11.9 Å². The summed E-state index contributed by atoms with van der Waals surface area (Å²) in [5, 5.41) is 10.1. The Hall–Kier alpha value is -0.450. The topological polar surface area (TPSA) is 29.5 Å². The fourth-order valence-electron chi connectivity index (χ4n) is 2.17. The highest BCUT2D eigenvalue weighted by Gasteiger charge is 2.36. The number of benzene rings is 1. The van der Waals surface area contributed by atoms with Crippen LogP contribution in [0, 0.1) is 11.7 Å². The molecule has 0 spiro atoms. The van der Waals surface area contributed by atoms with E-state index < -0.39 is 6.10 Å². The van der Waals surface area contributed by atoms with E-state index in [0.717, 1.165) is 18.4 Å². The second kappa shape index (κ2) is 5.46. The number of aliphatic hydroxyl groups excluding tert-OH is 1. The average Bonchev–Trinajstić information content (AvgIpc) is 3.01. The summed E-state index contributed by atoms with van der Waals surface area (Å²) in [6.45, 7) is 0. The molecule has 2 unspecified atom stereocenters. The van der Waals surface area contributed by atoms with Crippen molar-refractivity contribution >= 4 is 15.9 Å². The zero-order valence-corrected chi connectivity index (χ0v) is 11.3. The van der Waals surface area contributed by atoms with Crippen LogP contribution in [0.15, 0.2) is 22.7 Å². The number of methoxy groups -OCH3 is 1. The van der Waals surface area contributed by atoms with Crippen molar-refractivity contribution in [3.8, 4) is 0 Å². The van der Waals surface area contributed by atoms with Crippen LogP contribution < -0.4 is 0 Å². The minimum absolute atomic E-state index is 0.128. The Kier molecular flexibility index (Phi) is 4.17. The first-order chi connectivity index (χ1) is 8.10. The van der Waals surface area contributed by atoms with Crippen LogP contribution in [0.4, 0.5) is 4.39 Å². The molecule has 0 heterocycles. The van der Waals surface area contributed by atoms with Crippen molar-refractivity contribution in [3.05, 3.63) is 34.1 Å². The van der Waals surface area contributed by atoms with Gasteiger partial charge in [-0.2, -0.15) is 0 Å². The van der Waals surface area contributed by atoms with Gasteiger partial charge in [-0.3, -0.25) is 0 Å². The first-order valence-electron chi connectivity index (χ1n) is 5.76. The lowest BCUT2D eigenvalue weighted by atomic mass is 10.0. The summed E-state index contributed by atoms with van der Waals surface area (Å²) in [5.41, 5.74) is 0.784. The molecule has 0 radical (unpaired) electrons. The van der Waals surface area contributed by atoms with Gasteiger partial charge < -0.3 is 9.84 Å².